The van der Waals surface area contributed by atoms with E-state index in [0.717, 1.165) is 78.0 Å². The minimum Gasteiger partial charge on any atom is -0.456 e. The Kier molecular flexibility index (Phi) is 8.29. The highest BCUT2D eigenvalue weighted by atomic mass is 32.1. The summed E-state index contributed by atoms with van der Waals surface area (Å²) in [4.78, 5) is 4.82. The average Bonchev–Trinajstić information content (AvgIpc) is 4.15. The van der Waals surface area contributed by atoms with Gasteiger partial charge < -0.3 is 18.6 Å². The number of hydrogen-bond acceptors (Lipinski definition) is 6. The van der Waals surface area contributed by atoms with Gasteiger partial charge in [0.2, 0.25) is 0 Å². The minimum atomic E-state index is 0.867. The molecule has 6 heteroatoms. The summed E-state index contributed by atoms with van der Waals surface area (Å²) in [6, 6.07) is 78.7. The number of furan rings is 2. The molecule has 0 radical (unpaired) electrons. The topological polar surface area (TPSA) is 32.8 Å². The van der Waals surface area contributed by atoms with E-state index in [2.05, 4.69) is 204 Å². The van der Waals surface area contributed by atoms with Crippen LogP contribution in [0.4, 0.5) is 34.1 Å². The van der Waals surface area contributed by atoms with Gasteiger partial charge in [-0.25, -0.2) is 0 Å². The summed E-state index contributed by atoms with van der Waals surface area (Å²) < 4.78 is 17.8. The molecule has 0 spiro atoms. The van der Waals surface area contributed by atoms with Crippen LogP contribution in [0, 0.1) is 0 Å². The molecule has 0 atom stereocenters. The predicted octanol–water partition coefficient (Wildman–Crippen LogP) is 18.8. The fourth-order valence-electron chi connectivity index (χ4n) is 10.1. The maximum atomic E-state index is 6.37. The van der Waals surface area contributed by atoms with Crippen molar-refractivity contribution in [2.45, 2.75) is 0 Å². The van der Waals surface area contributed by atoms with Crippen molar-refractivity contribution in [3.63, 3.8) is 0 Å². The van der Waals surface area contributed by atoms with Crippen molar-refractivity contribution in [1.82, 2.24) is 0 Å². The number of rotatable bonds is 7. The highest BCUT2D eigenvalue weighted by molar-refractivity contribution is 7.26. The lowest BCUT2D eigenvalue weighted by Gasteiger charge is -2.30. The lowest BCUT2D eigenvalue weighted by atomic mass is 9.97. The van der Waals surface area contributed by atoms with Gasteiger partial charge in [0.05, 0.1) is 10.4 Å². The Labute approximate surface area is 387 Å². The SMILES string of the molecule is c1ccc(N(c2ccc3oc4ccccc4c3c2)c2cc(N(c3ccccc3)c3ccc4oc5ccccc5c4c3)c3sc4ccc(-c5cccc6sc7ccccc7c56)cc4c3c2)cc1. The largest absolute Gasteiger partial charge is 0.456 e. The van der Waals surface area contributed by atoms with Crippen LogP contribution in [0.15, 0.2) is 227 Å². The first kappa shape index (κ1) is 37.2. The molecule has 0 fully saturated rings. The quantitative estimate of drug-likeness (QED) is 0.160. The molecule has 0 aliphatic heterocycles. The Balaban J connectivity index is 1.07. The summed E-state index contributed by atoms with van der Waals surface area (Å²) >= 11 is 3.72. The van der Waals surface area contributed by atoms with Crippen molar-refractivity contribution in [3.8, 4) is 11.1 Å². The van der Waals surface area contributed by atoms with Gasteiger partial charge in [-0.05, 0) is 120 Å². The third-order valence-electron chi connectivity index (χ3n) is 13.0. The summed E-state index contributed by atoms with van der Waals surface area (Å²) in [7, 11) is 0. The molecule has 66 heavy (non-hydrogen) atoms. The van der Waals surface area contributed by atoms with Crippen molar-refractivity contribution < 1.29 is 8.83 Å². The summed E-state index contributed by atoms with van der Waals surface area (Å²) in [6.07, 6.45) is 0. The molecule has 4 nitrogen and oxygen atoms in total. The molecule has 4 aromatic heterocycles. The van der Waals surface area contributed by atoms with E-state index < -0.39 is 0 Å². The summed E-state index contributed by atoms with van der Waals surface area (Å²) in [6.45, 7) is 0. The number of thiophene rings is 2. The van der Waals surface area contributed by atoms with E-state index in [4.69, 9.17) is 8.83 Å². The molecule has 10 aromatic carbocycles. The number of benzene rings is 10. The van der Waals surface area contributed by atoms with Crippen LogP contribution in [0.1, 0.15) is 0 Å². The zero-order valence-electron chi connectivity index (χ0n) is 35.3. The number of anilines is 6. The molecule has 0 amide bonds. The van der Waals surface area contributed by atoms with Crippen molar-refractivity contribution in [2.24, 2.45) is 0 Å². The van der Waals surface area contributed by atoms with Gasteiger partial charge in [0.1, 0.15) is 22.3 Å². The Morgan fingerprint density at radius 1 is 0.303 bits per heavy atom. The Bertz CT molecular complexity index is 4200. The summed E-state index contributed by atoms with van der Waals surface area (Å²) in [5, 5.41) is 9.39. The van der Waals surface area contributed by atoms with E-state index in [1.807, 2.05) is 46.9 Å². The highest BCUT2D eigenvalue weighted by Crippen LogP contribution is 2.51. The predicted molar refractivity (Wildman–Crippen MR) is 282 cm³/mol. The maximum absolute atomic E-state index is 6.37. The van der Waals surface area contributed by atoms with Crippen LogP contribution in [-0.2, 0) is 0 Å². The fraction of sp³-hybridized carbons (Fsp3) is 0. The fourth-order valence-corrected chi connectivity index (χ4v) is 12.4. The van der Waals surface area contributed by atoms with Crippen LogP contribution in [0.3, 0.4) is 0 Å². The minimum absolute atomic E-state index is 0.867. The van der Waals surface area contributed by atoms with Crippen molar-refractivity contribution >= 4 is 141 Å². The smallest absolute Gasteiger partial charge is 0.135 e. The third-order valence-corrected chi connectivity index (χ3v) is 15.4. The Morgan fingerprint density at radius 3 is 1.55 bits per heavy atom. The van der Waals surface area contributed by atoms with Crippen molar-refractivity contribution in [1.29, 1.82) is 0 Å². The molecular formula is C60H36N2O2S2. The second-order valence-corrected chi connectivity index (χ2v) is 19.0. The van der Waals surface area contributed by atoms with Crippen LogP contribution in [0.25, 0.3) is 95.3 Å². The molecule has 310 valence electrons. The van der Waals surface area contributed by atoms with Crippen LogP contribution in [-0.4, -0.2) is 0 Å². The molecule has 0 unspecified atom stereocenters. The molecule has 0 aliphatic rings. The molecular weight excluding hydrogens is 845 g/mol. The van der Waals surface area contributed by atoms with Crippen LogP contribution in [0.5, 0.6) is 0 Å². The molecule has 14 aromatic rings. The van der Waals surface area contributed by atoms with Gasteiger partial charge in [-0.2, -0.15) is 0 Å². The van der Waals surface area contributed by atoms with Crippen LogP contribution in [0.2, 0.25) is 0 Å². The van der Waals surface area contributed by atoms with E-state index >= 15 is 0 Å². The average molecular weight is 881 g/mol. The molecule has 0 N–H and O–H groups in total. The Morgan fingerprint density at radius 2 is 0.848 bits per heavy atom. The maximum Gasteiger partial charge on any atom is 0.135 e. The lowest BCUT2D eigenvalue weighted by Crippen LogP contribution is -2.13. The van der Waals surface area contributed by atoms with E-state index in [9.17, 15) is 0 Å². The van der Waals surface area contributed by atoms with Gasteiger partial charge in [0, 0.05) is 85.6 Å². The van der Waals surface area contributed by atoms with Gasteiger partial charge in [-0.15, -0.1) is 22.7 Å². The van der Waals surface area contributed by atoms with E-state index in [-0.39, 0.29) is 0 Å². The van der Waals surface area contributed by atoms with Crippen LogP contribution < -0.4 is 9.80 Å². The molecule has 0 aliphatic carbocycles. The number of nitrogens with zero attached hydrogens (tertiary/aromatic N) is 2. The van der Waals surface area contributed by atoms with Crippen molar-refractivity contribution in [3.05, 3.63) is 218 Å². The van der Waals surface area contributed by atoms with Gasteiger partial charge in [0.25, 0.3) is 0 Å². The van der Waals surface area contributed by atoms with Gasteiger partial charge in [-0.3, -0.25) is 0 Å². The first-order valence-electron chi connectivity index (χ1n) is 22.1. The molecule has 14 rings (SSSR count). The summed E-state index contributed by atoms with van der Waals surface area (Å²) in [5.74, 6) is 0. The first-order chi connectivity index (χ1) is 32.7. The highest BCUT2D eigenvalue weighted by Gasteiger charge is 2.25. The van der Waals surface area contributed by atoms with Crippen molar-refractivity contribution in [2.75, 3.05) is 9.80 Å². The third kappa shape index (κ3) is 5.82. The number of fused-ring (bicyclic) bond motifs is 12. The number of para-hydroxylation sites is 4. The van der Waals surface area contributed by atoms with Gasteiger partial charge in [0.15, 0.2) is 0 Å². The van der Waals surface area contributed by atoms with E-state index in [1.165, 1.54) is 51.5 Å². The van der Waals surface area contributed by atoms with E-state index in [1.54, 1.807) is 0 Å². The first-order valence-corrected chi connectivity index (χ1v) is 23.8. The zero-order valence-corrected chi connectivity index (χ0v) is 36.9. The Hall–Kier alpha value is -8.16. The number of hydrogen-bond donors (Lipinski definition) is 0. The van der Waals surface area contributed by atoms with E-state index in [0.29, 0.717) is 0 Å². The monoisotopic (exact) mass is 880 g/mol. The van der Waals surface area contributed by atoms with Crippen LogP contribution >= 0.6 is 22.7 Å². The van der Waals surface area contributed by atoms with Gasteiger partial charge >= 0.3 is 0 Å². The summed E-state index contributed by atoms with van der Waals surface area (Å²) in [5.41, 5.74) is 12.3. The second-order valence-electron chi connectivity index (χ2n) is 16.8. The lowest BCUT2D eigenvalue weighted by molar-refractivity contribution is 0.668. The second kappa shape index (κ2) is 14.7. The molecule has 0 saturated carbocycles. The van der Waals surface area contributed by atoms with Gasteiger partial charge in [-0.1, -0.05) is 109 Å². The molecule has 4 heterocycles. The standard InChI is InChI=1S/C60H36N2O2S2/c1-3-14-38(15-4-1)61(40-27-29-54-47(33-40)44-18-7-10-22-52(44)63-54)42-35-50-49-32-37(43-21-13-25-58-59(43)46-20-9-12-24-56(46)65-58)26-31-57(49)66-60(50)51(36-42)62(39-16-5-2-6-17-39)41-28-30-55-48(34-41)45-19-8-11-23-53(45)64-55/h1-36H. The zero-order chi connectivity index (χ0) is 43.3. The molecule has 0 bridgehead atoms. The molecule has 0 saturated heterocycles. The normalized spacial score (nSPS) is 11.9.